The SMILES string of the molecule is COc1ccc(C(=O)N2C[C@@H](N(C)C)[C@H](C(C)C)C2)c(OC)c1. The first kappa shape index (κ1) is 17.6. The predicted molar refractivity (Wildman–Crippen MR) is 91.3 cm³/mol. The summed E-state index contributed by atoms with van der Waals surface area (Å²) < 4.78 is 10.6. The minimum Gasteiger partial charge on any atom is -0.497 e. The summed E-state index contributed by atoms with van der Waals surface area (Å²) >= 11 is 0. The second kappa shape index (κ2) is 7.21. The van der Waals surface area contributed by atoms with E-state index >= 15 is 0 Å². The average Bonchev–Trinajstić information content (AvgIpc) is 2.99. The smallest absolute Gasteiger partial charge is 0.257 e. The highest BCUT2D eigenvalue weighted by Crippen LogP contribution is 2.31. The number of nitrogens with zero attached hydrogens (tertiary/aromatic N) is 2. The third-order valence-corrected chi connectivity index (χ3v) is 4.78. The van der Waals surface area contributed by atoms with Gasteiger partial charge in [0.2, 0.25) is 0 Å². The van der Waals surface area contributed by atoms with Gasteiger partial charge in [0, 0.05) is 25.2 Å². The number of carbonyl (C=O) groups excluding carboxylic acids is 1. The van der Waals surface area contributed by atoms with Crippen LogP contribution in [0.15, 0.2) is 18.2 Å². The first-order valence-corrected chi connectivity index (χ1v) is 8.06. The van der Waals surface area contributed by atoms with Gasteiger partial charge in [-0.1, -0.05) is 13.8 Å². The lowest BCUT2D eigenvalue weighted by atomic mass is 9.91. The molecule has 2 atom stereocenters. The molecule has 23 heavy (non-hydrogen) atoms. The molecule has 1 aromatic rings. The first-order valence-electron chi connectivity index (χ1n) is 8.06. The Hall–Kier alpha value is -1.75. The van der Waals surface area contributed by atoms with Crippen molar-refractivity contribution in [1.82, 2.24) is 9.80 Å². The van der Waals surface area contributed by atoms with Gasteiger partial charge < -0.3 is 19.3 Å². The number of hydrogen-bond acceptors (Lipinski definition) is 4. The lowest BCUT2D eigenvalue weighted by molar-refractivity contribution is 0.0776. The van der Waals surface area contributed by atoms with E-state index in [1.807, 2.05) is 4.90 Å². The Morgan fingerprint density at radius 3 is 2.39 bits per heavy atom. The Bertz CT molecular complexity index is 541. The van der Waals surface area contributed by atoms with Crippen LogP contribution >= 0.6 is 0 Å². The van der Waals surface area contributed by atoms with Crippen molar-refractivity contribution in [3.63, 3.8) is 0 Å². The molecule has 0 aromatic heterocycles. The molecule has 1 aliphatic heterocycles. The summed E-state index contributed by atoms with van der Waals surface area (Å²) in [4.78, 5) is 17.1. The summed E-state index contributed by atoms with van der Waals surface area (Å²) in [5, 5.41) is 0. The monoisotopic (exact) mass is 320 g/mol. The van der Waals surface area contributed by atoms with Crippen LogP contribution in [0.1, 0.15) is 24.2 Å². The topological polar surface area (TPSA) is 42.0 Å². The molecule has 5 nitrogen and oxygen atoms in total. The van der Waals surface area contributed by atoms with Gasteiger partial charge >= 0.3 is 0 Å². The number of amides is 1. The van der Waals surface area contributed by atoms with Crippen molar-refractivity contribution >= 4 is 5.91 Å². The molecule has 128 valence electrons. The third-order valence-electron chi connectivity index (χ3n) is 4.78. The van der Waals surface area contributed by atoms with Crippen LogP contribution in [0, 0.1) is 11.8 Å². The number of ether oxygens (including phenoxy) is 2. The summed E-state index contributed by atoms with van der Waals surface area (Å²) in [7, 11) is 7.35. The molecule has 0 unspecified atom stereocenters. The van der Waals surface area contributed by atoms with Crippen LogP contribution in [-0.4, -0.2) is 63.2 Å². The summed E-state index contributed by atoms with van der Waals surface area (Å²) in [6, 6.07) is 5.73. The number of likely N-dealkylation sites (N-methyl/N-ethyl adjacent to an activating group) is 1. The number of carbonyl (C=O) groups is 1. The van der Waals surface area contributed by atoms with Crippen LogP contribution in [0.2, 0.25) is 0 Å². The average molecular weight is 320 g/mol. The number of benzene rings is 1. The van der Waals surface area contributed by atoms with Crippen LogP contribution in [0.5, 0.6) is 11.5 Å². The molecule has 1 aromatic carbocycles. The Balaban J connectivity index is 2.24. The van der Waals surface area contributed by atoms with Gasteiger partial charge in [0.05, 0.1) is 19.8 Å². The van der Waals surface area contributed by atoms with E-state index in [1.165, 1.54) is 0 Å². The fourth-order valence-electron chi connectivity index (χ4n) is 3.32. The van der Waals surface area contributed by atoms with E-state index in [0.29, 0.717) is 34.9 Å². The highest BCUT2D eigenvalue weighted by atomic mass is 16.5. The molecule has 1 heterocycles. The molecule has 0 N–H and O–H groups in total. The predicted octanol–water partition coefficient (Wildman–Crippen LogP) is 2.36. The number of methoxy groups -OCH3 is 2. The molecule has 1 aliphatic rings. The molecule has 2 rings (SSSR count). The van der Waals surface area contributed by atoms with Crippen molar-refractivity contribution in [2.24, 2.45) is 11.8 Å². The quantitative estimate of drug-likeness (QED) is 0.835. The molecule has 0 saturated carbocycles. The highest BCUT2D eigenvalue weighted by molar-refractivity contribution is 5.97. The second-order valence-corrected chi connectivity index (χ2v) is 6.72. The first-order chi connectivity index (χ1) is 10.9. The Morgan fingerprint density at radius 1 is 1.22 bits per heavy atom. The maximum absolute atomic E-state index is 12.9. The zero-order valence-corrected chi connectivity index (χ0v) is 15.0. The van der Waals surface area contributed by atoms with Crippen LogP contribution in [0.25, 0.3) is 0 Å². The van der Waals surface area contributed by atoms with E-state index < -0.39 is 0 Å². The van der Waals surface area contributed by atoms with E-state index in [0.717, 1.165) is 13.1 Å². The Kier molecular flexibility index (Phi) is 5.52. The normalized spacial score (nSPS) is 21.1. The molecule has 0 bridgehead atoms. The van der Waals surface area contributed by atoms with Crippen molar-refractivity contribution < 1.29 is 14.3 Å². The zero-order valence-electron chi connectivity index (χ0n) is 15.0. The van der Waals surface area contributed by atoms with E-state index in [4.69, 9.17) is 9.47 Å². The molecule has 5 heteroatoms. The minimum absolute atomic E-state index is 0.0273. The van der Waals surface area contributed by atoms with Gasteiger partial charge in [-0.2, -0.15) is 0 Å². The van der Waals surface area contributed by atoms with Crippen LogP contribution in [-0.2, 0) is 0 Å². The van der Waals surface area contributed by atoms with Gasteiger partial charge in [0.1, 0.15) is 11.5 Å². The van der Waals surface area contributed by atoms with Crippen molar-refractivity contribution in [1.29, 1.82) is 0 Å². The minimum atomic E-state index is 0.0273. The lowest BCUT2D eigenvalue weighted by Crippen LogP contribution is -2.37. The van der Waals surface area contributed by atoms with Crippen molar-refractivity contribution in [3.05, 3.63) is 23.8 Å². The van der Waals surface area contributed by atoms with Crippen LogP contribution in [0.4, 0.5) is 0 Å². The maximum Gasteiger partial charge on any atom is 0.257 e. The molecular weight excluding hydrogens is 292 g/mol. The van der Waals surface area contributed by atoms with Crippen LogP contribution < -0.4 is 9.47 Å². The Morgan fingerprint density at radius 2 is 1.91 bits per heavy atom. The van der Waals surface area contributed by atoms with Gasteiger partial charge in [-0.3, -0.25) is 4.79 Å². The summed E-state index contributed by atoms with van der Waals surface area (Å²) in [6.07, 6.45) is 0. The van der Waals surface area contributed by atoms with Gasteiger partial charge in [-0.15, -0.1) is 0 Å². The van der Waals surface area contributed by atoms with Gasteiger partial charge in [-0.25, -0.2) is 0 Å². The number of hydrogen-bond donors (Lipinski definition) is 0. The molecule has 1 amide bonds. The fraction of sp³-hybridized carbons (Fsp3) is 0.611. The van der Waals surface area contributed by atoms with Crippen molar-refractivity contribution in [2.75, 3.05) is 41.4 Å². The highest BCUT2D eigenvalue weighted by Gasteiger charge is 2.38. The number of rotatable bonds is 5. The summed E-state index contributed by atoms with van der Waals surface area (Å²) in [5.74, 6) is 2.30. The summed E-state index contributed by atoms with van der Waals surface area (Å²) in [5.41, 5.74) is 0.593. The fourth-order valence-corrected chi connectivity index (χ4v) is 3.32. The summed E-state index contributed by atoms with van der Waals surface area (Å²) in [6.45, 7) is 5.99. The molecule has 0 radical (unpaired) electrons. The maximum atomic E-state index is 12.9. The zero-order chi connectivity index (χ0) is 17.1. The van der Waals surface area contributed by atoms with E-state index in [9.17, 15) is 4.79 Å². The lowest BCUT2D eigenvalue weighted by Gasteiger charge is -2.27. The van der Waals surface area contributed by atoms with Gasteiger partial charge in [-0.05, 0) is 38.1 Å². The van der Waals surface area contributed by atoms with E-state index in [-0.39, 0.29) is 5.91 Å². The number of likely N-dealkylation sites (tertiary alicyclic amines) is 1. The second-order valence-electron chi connectivity index (χ2n) is 6.72. The van der Waals surface area contributed by atoms with Crippen LogP contribution in [0.3, 0.4) is 0 Å². The van der Waals surface area contributed by atoms with E-state index in [1.54, 1.807) is 32.4 Å². The molecular formula is C18H28N2O3. The Labute approximate surface area is 139 Å². The van der Waals surface area contributed by atoms with Crippen molar-refractivity contribution in [3.8, 4) is 11.5 Å². The standard InChI is InChI=1S/C18H28N2O3/c1-12(2)15-10-20(11-16(15)19(3)4)18(21)14-8-7-13(22-5)9-17(14)23-6/h7-9,12,15-16H,10-11H2,1-6H3/t15-,16+/m0/s1. The van der Waals surface area contributed by atoms with Gasteiger partial charge in [0.25, 0.3) is 5.91 Å². The third kappa shape index (κ3) is 3.61. The van der Waals surface area contributed by atoms with Crippen molar-refractivity contribution in [2.45, 2.75) is 19.9 Å². The molecule has 0 aliphatic carbocycles. The molecule has 1 saturated heterocycles. The molecule has 1 fully saturated rings. The molecule has 0 spiro atoms. The largest absolute Gasteiger partial charge is 0.497 e. The van der Waals surface area contributed by atoms with E-state index in [2.05, 4.69) is 32.8 Å². The van der Waals surface area contributed by atoms with Gasteiger partial charge in [0.15, 0.2) is 0 Å².